The van der Waals surface area contributed by atoms with E-state index < -0.39 is 11.6 Å². The molecule has 3 aromatic rings. The number of primary amides is 1. The molecule has 156 valence electrons. The van der Waals surface area contributed by atoms with Crippen molar-refractivity contribution in [1.82, 2.24) is 15.0 Å². The number of nitrogens with two attached hydrogens (primary N) is 1. The molecule has 1 aromatic carbocycles. The average molecular weight is 432 g/mol. The van der Waals surface area contributed by atoms with Gasteiger partial charge >= 0.3 is 0 Å². The minimum Gasteiger partial charge on any atom is -0.475 e. The van der Waals surface area contributed by atoms with E-state index in [9.17, 15) is 13.6 Å². The highest BCUT2D eigenvalue weighted by atomic mass is 31.0. The summed E-state index contributed by atoms with van der Waals surface area (Å²) in [6, 6.07) is 10.6. The summed E-state index contributed by atoms with van der Waals surface area (Å²) in [5, 5.41) is 0. The number of alkyl halides is 2. The number of ether oxygens (including phenoxy) is 2. The number of amides is 1. The molecule has 0 saturated heterocycles. The molecule has 10 heteroatoms. The normalized spacial score (nSPS) is 11.4. The topological polar surface area (TPSA) is 100 Å². The molecule has 2 aromatic heterocycles. The first-order chi connectivity index (χ1) is 14.1. The molecule has 0 aliphatic rings. The minimum absolute atomic E-state index is 0.0335. The van der Waals surface area contributed by atoms with Crippen molar-refractivity contribution in [2.45, 2.75) is 25.6 Å². The Hall–Kier alpha value is -3.19. The van der Waals surface area contributed by atoms with Crippen molar-refractivity contribution in [2.75, 3.05) is 0 Å². The zero-order chi connectivity index (χ0) is 21.9. The lowest BCUT2D eigenvalue weighted by atomic mass is 10.2. The summed E-state index contributed by atoms with van der Waals surface area (Å²) in [5.41, 5.74) is 2.70. The van der Waals surface area contributed by atoms with E-state index in [0.717, 1.165) is 6.20 Å². The average Bonchev–Trinajstić information content (AvgIpc) is 2.67. The van der Waals surface area contributed by atoms with Gasteiger partial charge in [-0.1, -0.05) is 9.24 Å². The van der Waals surface area contributed by atoms with Gasteiger partial charge in [0.25, 0.3) is 11.6 Å². The minimum atomic E-state index is -3.05. The van der Waals surface area contributed by atoms with Crippen LogP contribution in [-0.4, -0.2) is 27.0 Å². The number of carbonyl (C=O) groups excluding carboxylic acids is 1. The van der Waals surface area contributed by atoms with Crippen LogP contribution in [0.25, 0.3) is 11.4 Å². The Balaban J connectivity index is 1.81. The Morgan fingerprint density at radius 3 is 2.33 bits per heavy atom. The zero-order valence-electron chi connectivity index (χ0n) is 16.2. The van der Waals surface area contributed by atoms with Crippen molar-refractivity contribution in [2.24, 2.45) is 5.73 Å². The second kappa shape index (κ2) is 8.67. The molecule has 30 heavy (non-hydrogen) atoms. The van der Waals surface area contributed by atoms with Crippen LogP contribution in [0.5, 0.6) is 17.5 Å². The molecule has 1 unspecified atom stereocenters. The summed E-state index contributed by atoms with van der Waals surface area (Å²) in [5.74, 6) is 0.400. The molecular weight excluding hydrogens is 413 g/mol. The summed E-state index contributed by atoms with van der Waals surface area (Å²) in [6.45, 7) is 3.66. The summed E-state index contributed by atoms with van der Waals surface area (Å²) in [6.07, 6.45) is 0.908. The van der Waals surface area contributed by atoms with E-state index in [-0.39, 0.29) is 34.9 Å². The van der Waals surface area contributed by atoms with Crippen molar-refractivity contribution < 1.29 is 23.0 Å². The SMILES string of the molecule is CC(C)Oc1cc(C(N)=O)nc(-c2ccc(Oc3ccc(C(F)(F)P)cn3)cc2)n1. The third-order valence-electron chi connectivity index (χ3n) is 3.77. The van der Waals surface area contributed by atoms with E-state index in [1.807, 2.05) is 13.8 Å². The number of rotatable bonds is 7. The molecular formula is C20H19F2N4O3P. The Morgan fingerprint density at radius 2 is 1.80 bits per heavy atom. The van der Waals surface area contributed by atoms with Crippen LogP contribution in [0.3, 0.4) is 0 Å². The molecule has 1 atom stereocenters. The lowest BCUT2D eigenvalue weighted by Gasteiger charge is -2.12. The lowest BCUT2D eigenvalue weighted by Crippen LogP contribution is -2.16. The molecule has 0 fully saturated rings. The zero-order valence-corrected chi connectivity index (χ0v) is 17.3. The van der Waals surface area contributed by atoms with Gasteiger partial charge < -0.3 is 15.2 Å². The van der Waals surface area contributed by atoms with Gasteiger partial charge in [0.05, 0.1) is 6.10 Å². The summed E-state index contributed by atoms with van der Waals surface area (Å²) in [4.78, 5) is 23.9. The maximum Gasteiger partial charge on any atom is 0.285 e. The highest BCUT2D eigenvalue weighted by Crippen LogP contribution is 2.35. The smallest absolute Gasteiger partial charge is 0.285 e. The lowest BCUT2D eigenvalue weighted by molar-refractivity contribution is 0.0993. The van der Waals surface area contributed by atoms with Gasteiger partial charge in [0.1, 0.15) is 11.4 Å². The highest BCUT2D eigenvalue weighted by molar-refractivity contribution is 7.17. The molecule has 0 spiro atoms. The van der Waals surface area contributed by atoms with Gasteiger partial charge in [0.2, 0.25) is 11.8 Å². The number of hydrogen-bond acceptors (Lipinski definition) is 6. The Labute approximate surface area is 173 Å². The first kappa shape index (κ1) is 21.5. The van der Waals surface area contributed by atoms with Gasteiger partial charge in [-0.05, 0) is 44.2 Å². The van der Waals surface area contributed by atoms with E-state index in [4.69, 9.17) is 15.2 Å². The molecule has 0 bridgehead atoms. The fourth-order valence-electron chi connectivity index (χ4n) is 2.41. The van der Waals surface area contributed by atoms with E-state index >= 15 is 0 Å². The quantitative estimate of drug-likeness (QED) is 0.563. The molecule has 2 heterocycles. The first-order valence-corrected chi connectivity index (χ1v) is 9.46. The molecule has 0 aliphatic heterocycles. The van der Waals surface area contributed by atoms with Crippen LogP contribution < -0.4 is 15.2 Å². The van der Waals surface area contributed by atoms with Gasteiger partial charge in [0.15, 0.2) is 5.82 Å². The van der Waals surface area contributed by atoms with E-state index in [2.05, 4.69) is 15.0 Å². The van der Waals surface area contributed by atoms with Crippen LogP contribution in [0, 0.1) is 0 Å². The predicted molar refractivity (Wildman–Crippen MR) is 110 cm³/mol. The van der Waals surface area contributed by atoms with Gasteiger partial charge in [-0.25, -0.2) is 9.97 Å². The van der Waals surface area contributed by atoms with Crippen LogP contribution >= 0.6 is 9.24 Å². The van der Waals surface area contributed by atoms with Crippen molar-refractivity contribution in [1.29, 1.82) is 0 Å². The van der Waals surface area contributed by atoms with Crippen molar-refractivity contribution in [3.05, 3.63) is 59.9 Å². The van der Waals surface area contributed by atoms with Crippen LogP contribution in [0.1, 0.15) is 29.9 Å². The second-order valence-corrected chi connectivity index (χ2v) is 7.31. The molecule has 7 nitrogen and oxygen atoms in total. The van der Waals surface area contributed by atoms with Crippen molar-refractivity contribution in [3.63, 3.8) is 0 Å². The maximum absolute atomic E-state index is 13.2. The number of pyridine rings is 1. The molecule has 2 N–H and O–H groups in total. The summed E-state index contributed by atoms with van der Waals surface area (Å²) >= 11 is 0. The van der Waals surface area contributed by atoms with Gasteiger partial charge in [-0.3, -0.25) is 4.79 Å². The van der Waals surface area contributed by atoms with Crippen LogP contribution in [-0.2, 0) is 5.66 Å². The number of hydrogen-bond donors (Lipinski definition) is 1. The van der Waals surface area contributed by atoms with E-state index in [1.54, 1.807) is 24.3 Å². The molecule has 0 aliphatic carbocycles. The molecule has 0 radical (unpaired) electrons. The van der Waals surface area contributed by atoms with Crippen LogP contribution in [0.15, 0.2) is 48.7 Å². The van der Waals surface area contributed by atoms with Gasteiger partial charge in [0, 0.05) is 29.5 Å². The van der Waals surface area contributed by atoms with Crippen LogP contribution in [0.2, 0.25) is 0 Å². The van der Waals surface area contributed by atoms with Gasteiger partial charge in [-0.15, -0.1) is 0 Å². The molecule has 1 amide bonds. The monoisotopic (exact) mass is 432 g/mol. The Bertz CT molecular complexity index is 1040. The fourth-order valence-corrected chi connectivity index (χ4v) is 2.58. The Morgan fingerprint density at radius 1 is 1.10 bits per heavy atom. The second-order valence-electron chi connectivity index (χ2n) is 6.58. The van der Waals surface area contributed by atoms with Crippen LogP contribution in [0.4, 0.5) is 8.78 Å². The predicted octanol–water partition coefficient (Wildman–Crippen LogP) is 4.14. The number of carbonyl (C=O) groups is 1. The van der Waals surface area contributed by atoms with Crippen molar-refractivity contribution >= 4 is 15.1 Å². The molecule has 0 saturated carbocycles. The third kappa shape index (κ3) is 5.45. The largest absolute Gasteiger partial charge is 0.475 e. The number of aromatic nitrogens is 3. The number of halogens is 2. The highest BCUT2D eigenvalue weighted by Gasteiger charge is 2.24. The third-order valence-corrected chi connectivity index (χ3v) is 4.10. The van der Waals surface area contributed by atoms with Gasteiger partial charge in [-0.2, -0.15) is 13.8 Å². The Kier molecular flexibility index (Phi) is 6.22. The standard InChI is InChI=1S/C20H19F2N4O3P/c1-11(2)28-17-9-15(18(23)27)25-19(26-17)12-3-6-14(7-4-12)29-16-8-5-13(10-24-16)20(21,22)30/h3-11H,30H2,1-2H3,(H2,23,27). The first-order valence-electron chi connectivity index (χ1n) is 8.89. The number of nitrogens with zero attached hydrogens (tertiary/aromatic N) is 3. The van der Waals surface area contributed by atoms with E-state index in [1.165, 1.54) is 27.4 Å². The maximum atomic E-state index is 13.2. The summed E-state index contributed by atoms with van der Waals surface area (Å²) < 4.78 is 37.6. The number of benzene rings is 1. The summed E-state index contributed by atoms with van der Waals surface area (Å²) in [7, 11) is 1.46. The van der Waals surface area contributed by atoms with Crippen molar-refractivity contribution in [3.8, 4) is 28.9 Å². The fraction of sp³-hybridized carbons (Fsp3) is 0.200. The molecule has 3 rings (SSSR count). The van der Waals surface area contributed by atoms with E-state index in [0.29, 0.717) is 11.3 Å².